The number of pyridine rings is 2. The van der Waals surface area contributed by atoms with Crippen molar-refractivity contribution in [2.24, 2.45) is 24.9 Å². The van der Waals surface area contributed by atoms with E-state index in [9.17, 15) is 0 Å². The van der Waals surface area contributed by atoms with Gasteiger partial charge in [-0.2, -0.15) is 0 Å². The number of benzene rings is 2. The van der Waals surface area contributed by atoms with Crippen molar-refractivity contribution in [3.8, 4) is 11.3 Å². The van der Waals surface area contributed by atoms with Gasteiger partial charge in [0.2, 0.25) is 5.69 Å². The first-order valence-corrected chi connectivity index (χ1v) is 14.7. The predicted octanol–water partition coefficient (Wildman–Crippen LogP) is 8.15. The molecule has 2 aromatic carbocycles. The van der Waals surface area contributed by atoms with Crippen molar-refractivity contribution >= 4 is 0 Å². The fourth-order valence-corrected chi connectivity index (χ4v) is 6.45. The summed E-state index contributed by atoms with van der Waals surface area (Å²) >= 11 is 0. The van der Waals surface area contributed by atoms with Crippen molar-refractivity contribution in [3.05, 3.63) is 118 Å². The third kappa shape index (κ3) is 6.22. The van der Waals surface area contributed by atoms with E-state index in [0.717, 1.165) is 12.8 Å². The van der Waals surface area contributed by atoms with Gasteiger partial charge < -0.3 is 0 Å². The lowest BCUT2D eigenvalue weighted by Gasteiger charge is -2.32. The highest BCUT2D eigenvalue weighted by atomic mass is 14.9. The summed E-state index contributed by atoms with van der Waals surface area (Å²) in [5.74, 6) is 0. The van der Waals surface area contributed by atoms with Gasteiger partial charge >= 0.3 is 0 Å². The zero-order valence-electron chi connectivity index (χ0n) is 26.8. The molecular weight excluding hydrogens is 484 g/mol. The molecule has 0 fully saturated rings. The molecule has 2 heteroatoms. The van der Waals surface area contributed by atoms with Crippen LogP contribution in [-0.4, -0.2) is 0 Å². The van der Waals surface area contributed by atoms with E-state index in [1.165, 1.54) is 50.3 Å². The second-order valence-electron chi connectivity index (χ2n) is 14.5. The minimum atomic E-state index is -0.338. The Morgan fingerprint density at radius 3 is 1.75 bits per heavy atom. The monoisotopic (exact) mass is 534 g/mol. The summed E-state index contributed by atoms with van der Waals surface area (Å²) < 4.78 is 4.60. The first kappa shape index (κ1) is 29.7. The number of hydrogen-bond donors (Lipinski definition) is 0. The Bertz CT molecular complexity index is 1510. The summed E-state index contributed by atoms with van der Waals surface area (Å²) in [6.07, 6.45) is 6.57. The molecule has 0 saturated heterocycles. The van der Waals surface area contributed by atoms with Crippen molar-refractivity contribution in [1.29, 1.82) is 0 Å². The van der Waals surface area contributed by atoms with E-state index >= 15 is 0 Å². The first-order chi connectivity index (χ1) is 18.6. The standard InChI is InChI=1S/C38H50N2/c1-27-15-12-13-17-32(27)38(9,35-24-30(20-22-40(35)11)26-37(6,7)8)33-18-14-16-31(28(33)2)34-23-29(19-21-39(34)10)25-36(3,4)5/h12-24H,25-26H2,1-11H3/q+2. The lowest BCUT2D eigenvalue weighted by molar-refractivity contribution is -0.681. The number of nitrogens with zero attached hydrogens (tertiary/aromatic N) is 2. The Labute approximate surface area is 243 Å². The fourth-order valence-electron chi connectivity index (χ4n) is 6.45. The van der Waals surface area contributed by atoms with Gasteiger partial charge in [-0.25, -0.2) is 9.13 Å². The molecule has 0 radical (unpaired) electrons. The maximum Gasteiger partial charge on any atom is 0.212 e. The number of aryl methyl sites for hydroxylation is 3. The van der Waals surface area contributed by atoms with Crippen molar-refractivity contribution in [2.75, 3.05) is 0 Å². The molecule has 0 aliphatic carbocycles. The summed E-state index contributed by atoms with van der Waals surface area (Å²) in [6, 6.07) is 25.2. The van der Waals surface area contributed by atoms with Gasteiger partial charge in [0.1, 0.15) is 19.5 Å². The van der Waals surface area contributed by atoms with E-state index in [-0.39, 0.29) is 16.2 Å². The average Bonchev–Trinajstić information content (AvgIpc) is 2.85. The lowest BCUT2D eigenvalue weighted by atomic mass is 9.69. The highest BCUT2D eigenvalue weighted by Crippen LogP contribution is 2.42. The van der Waals surface area contributed by atoms with Crippen LogP contribution in [0.5, 0.6) is 0 Å². The molecule has 40 heavy (non-hydrogen) atoms. The van der Waals surface area contributed by atoms with Crippen LogP contribution in [0, 0.1) is 24.7 Å². The van der Waals surface area contributed by atoms with Crippen LogP contribution in [0.1, 0.15) is 87.5 Å². The molecule has 0 saturated carbocycles. The summed E-state index contributed by atoms with van der Waals surface area (Å²) in [6.45, 7) is 20.9. The quantitative estimate of drug-likeness (QED) is 0.221. The fraction of sp³-hybridized carbons (Fsp3) is 0.421. The molecule has 1 unspecified atom stereocenters. The normalized spacial score (nSPS) is 13.8. The molecule has 0 bridgehead atoms. The summed E-state index contributed by atoms with van der Waals surface area (Å²) in [7, 11) is 4.36. The van der Waals surface area contributed by atoms with Crippen LogP contribution in [-0.2, 0) is 32.4 Å². The van der Waals surface area contributed by atoms with E-state index in [0.29, 0.717) is 0 Å². The Kier molecular flexibility index (Phi) is 8.14. The Balaban J connectivity index is 1.99. The third-order valence-electron chi connectivity index (χ3n) is 8.24. The second kappa shape index (κ2) is 11.0. The van der Waals surface area contributed by atoms with Crippen LogP contribution >= 0.6 is 0 Å². The zero-order valence-corrected chi connectivity index (χ0v) is 26.8. The SMILES string of the molecule is Cc1ccccc1C(C)(c1cccc(-c2cc(CC(C)(C)C)cc[n+]2C)c1C)c1cc(CC(C)(C)C)cc[n+]1C. The Hall–Kier alpha value is -3.26. The summed E-state index contributed by atoms with van der Waals surface area (Å²) in [5.41, 5.74) is 12.1. The van der Waals surface area contributed by atoms with Gasteiger partial charge in [0.15, 0.2) is 18.1 Å². The molecule has 1 atom stereocenters. The van der Waals surface area contributed by atoms with Crippen molar-refractivity contribution in [2.45, 2.75) is 80.6 Å². The van der Waals surface area contributed by atoms with Crippen LogP contribution in [0.15, 0.2) is 79.1 Å². The predicted molar refractivity (Wildman–Crippen MR) is 168 cm³/mol. The third-order valence-corrected chi connectivity index (χ3v) is 8.24. The highest BCUT2D eigenvalue weighted by Gasteiger charge is 2.41. The zero-order chi connectivity index (χ0) is 29.5. The van der Waals surface area contributed by atoms with E-state index in [1.807, 2.05) is 0 Å². The Morgan fingerprint density at radius 2 is 1.15 bits per heavy atom. The smallest absolute Gasteiger partial charge is 0.204 e. The molecule has 0 amide bonds. The van der Waals surface area contributed by atoms with Crippen LogP contribution in [0.4, 0.5) is 0 Å². The van der Waals surface area contributed by atoms with Crippen LogP contribution in [0.25, 0.3) is 11.3 Å². The van der Waals surface area contributed by atoms with Gasteiger partial charge in [-0.1, -0.05) is 77.9 Å². The number of hydrogen-bond acceptors (Lipinski definition) is 0. The van der Waals surface area contributed by atoms with Gasteiger partial charge in [-0.3, -0.25) is 0 Å². The van der Waals surface area contributed by atoms with E-state index < -0.39 is 0 Å². The van der Waals surface area contributed by atoms with Gasteiger partial charge in [-0.15, -0.1) is 0 Å². The molecule has 4 aromatic rings. The number of aromatic nitrogens is 2. The lowest BCUT2D eigenvalue weighted by Crippen LogP contribution is -2.44. The molecule has 0 spiro atoms. The van der Waals surface area contributed by atoms with E-state index in [4.69, 9.17) is 0 Å². The molecule has 0 N–H and O–H groups in total. The largest absolute Gasteiger partial charge is 0.212 e. The maximum atomic E-state index is 2.45. The molecule has 2 nitrogen and oxygen atoms in total. The molecule has 0 aliphatic heterocycles. The van der Waals surface area contributed by atoms with Gasteiger partial charge in [0, 0.05) is 29.8 Å². The van der Waals surface area contributed by atoms with Crippen LogP contribution in [0.3, 0.4) is 0 Å². The molecule has 2 heterocycles. The van der Waals surface area contributed by atoms with Crippen molar-refractivity contribution in [1.82, 2.24) is 0 Å². The first-order valence-electron chi connectivity index (χ1n) is 14.7. The van der Waals surface area contributed by atoms with Crippen LogP contribution in [0.2, 0.25) is 0 Å². The minimum absolute atomic E-state index is 0.221. The van der Waals surface area contributed by atoms with E-state index in [2.05, 4.69) is 165 Å². The van der Waals surface area contributed by atoms with Gasteiger partial charge in [0.25, 0.3) is 0 Å². The molecule has 4 rings (SSSR count). The van der Waals surface area contributed by atoms with E-state index in [1.54, 1.807) is 0 Å². The van der Waals surface area contributed by atoms with Crippen LogP contribution < -0.4 is 9.13 Å². The summed E-state index contributed by atoms with van der Waals surface area (Å²) in [5, 5.41) is 0. The van der Waals surface area contributed by atoms with Crippen molar-refractivity contribution in [3.63, 3.8) is 0 Å². The average molecular weight is 535 g/mol. The molecule has 210 valence electrons. The Morgan fingerprint density at radius 1 is 0.600 bits per heavy atom. The van der Waals surface area contributed by atoms with Crippen molar-refractivity contribution < 1.29 is 9.13 Å². The second-order valence-corrected chi connectivity index (χ2v) is 14.5. The number of rotatable bonds is 6. The van der Waals surface area contributed by atoms with Gasteiger partial charge in [-0.05, 0) is 83.9 Å². The molecular formula is C38H50N2+2. The summed E-state index contributed by atoms with van der Waals surface area (Å²) in [4.78, 5) is 0. The topological polar surface area (TPSA) is 7.76 Å². The highest BCUT2D eigenvalue weighted by molar-refractivity contribution is 5.66. The minimum Gasteiger partial charge on any atom is -0.204 e. The molecule has 0 aliphatic rings. The maximum absolute atomic E-state index is 2.45. The molecule has 2 aromatic heterocycles. The van der Waals surface area contributed by atoms with Gasteiger partial charge in [0.05, 0.1) is 0 Å².